The zero-order valence-corrected chi connectivity index (χ0v) is 10.3. The zero-order chi connectivity index (χ0) is 12.1. The Kier molecular flexibility index (Phi) is 11.5. The first-order chi connectivity index (χ1) is 7.81. The minimum atomic E-state index is -0.0308. The molecule has 0 N–H and O–H groups in total. The van der Waals surface area contributed by atoms with E-state index < -0.39 is 0 Å². The van der Waals surface area contributed by atoms with E-state index in [9.17, 15) is 9.59 Å². The SMILES string of the molecule is CCCCC=CCCCCCC(=O)C[C]=O. The molecule has 0 unspecified atom stereocenters. The summed E-state index contributed by atoms with van der Waals surface area (Å²) >= 11 is 0. The van der Waals surface area contributed by atoms with Gasteiger partial charge in [0.2, 0.25) is 6.29 Å². The molecule has 0 spiro atoms. The second kappa shape index (κ2) is 12.2. The van der Waals surface area contributed by atoms with Gasteiger partial charge in [-0.25, -0.2) is 0 Å². The fourth-order valence-electron chi connectivity index (χ4n) is 1.49. The van der Waals surface area contributed by atoms with Crippen molar-refractivity contribution in [1.29, 1.82) is 0 Å². The Morgan fingerprint density at radius 2 is 1.75 bits per heavy atom. The molecular formula is C14H23O2. The van der Waals surface area contributed by atoms with Crippen molar-refractivity contribution < 1.29 is 9.59 Å². The summed E-state index contributed by atoms with van der Waals surface area (Å²) in [5, 5.41) is 0. The molecule has 0 saturated heterocycles. The van der Waals surface area contributed by atoms with Gasteiger partial charge in [0, 0.05) is 6.42 Å². The van der Waals surface area contributed by atoms with Crippen molar-refractivity contribution in [2.45, 2.75) is 64.7 Å². The van der Waals surface area contributed by atoms with Crippen LogP contribution < -0.4 is 0 Å². The van der Waals surface area contributed by atoms with Crippen LogP contribution in [0.2, 0.25) is 0 Å². The number of hydrogen-bond acceptors (Lipinski definition) is 2. The largest absolute Gasteiger partial charge is 0.299 e. The molecule has 2 nitrogen and oxygen atoms in total. The first kappa shape index (κ1) is 15.1. The molecule has 0 aromatic heterocycles. The van der Waals surface area contributed by atoms with Gasteiger partial charge in [-0.2, -0.15) is 0 Å². The van der Waals surface area contributed by atoms with Crippen molar-refractivity contribution in [3.63, 3.8) is 0 Å². The average molecular weight is 223 g/mol. The van der Waals surface area contributed by atoms with E-state index in [1.807, 2.05) is 0 Å². The zero-order valence-electron chi connectivity index (χ0n) is 10.3. The van der Waals surface area contributed by atoms with Crippen LogP contribution in [0, 0.1) is 0 Å². The quantitative estimate of drug-likeness (QED) is 0.304. The molecule has 0 aliphatic carbocycles. The van der Waals surface area contributed by atoms with Crippen molar-refractivity contribution in [2.24, 2.45) is 0 Å². The summed E-state index contributed by atoms with van der Waals surface area (Å²) in [5.41, 5.74) is 0. The molecule has 0 bridgehead atoms. The third-order valence-electron chi connectivity index (χ3n) is 2.49. The van der Waals surface area contributed by atoms with Crippen LogP contribution in [-0.4, -0.2) is 12.1 Å². The molecule has 0 aromatic rings. The summed E-state index contributed by atoms with van der Waals surface area (Å²) in [6, 6.07) is 0. The Morgan fingerprint density at radius 3 is 2.38 bits per heavy atom. The van der Waals surface area contributed by atoms with Crippen LogP contribution >= 0.6 is 0 Å². The molecule has 0 saturated carbocycles. The highest BCUT2D eigenvalue weighted by molar-refractivity contribution is 5.89. The lowest BCUT2D eigenvalue weighted by Gasteiger charge is -1.97. The summed E-state index contributed by atoms with van der Waals surface area (Å²) in [6.07, 6.45) is 14.6. The average Bonchev–Trinajstić information content (AvgIpc) is 2.27. The summed E-state index contributed by atoms with van der Waals surface area (Å²) in [6.45, 7) is 2.20. The molecule has 0 rings (SSSR count). The molecule has 16 heavy (non-hydrogen) atoms. The van der Waals surface area contributed by atoms with Gasteiger partial charge in [0.05, 0.1) is 6.42 Å². The van der Waals surface area contributed by atoms with E-state index in [2.05, 4.69) is 19.1 Å². The monoisotopic (exact) mass is 223 g/mol. The van der Waals surface area contributed by atoms with Gasteiger partial charge in [-0.15, -0.1) is 0 Å². The van der Waals surface area contributed by atoms with Gasteiger partial charge in [-0.05, 0) is 25.7 Å². The van der Waals surface area contributed by atoms with Crippen LogP contribution in [-0.2, 0) is 9.59 Å². The van der Waals surface area contributed by atoms with Gasteiger partial charge in [0.1, 0.15) is 5.78 Å². The van der Waals surface area contributed by atoms with Crippen LogP contribution in [0.4, 0.5) is 0 Å². The Bertz CT molecular complexity index is 207. The van der Waals surface area contributed by atoms with E-state index in [-0.39, 0.29) is 12.2 Å². The first-order valence-electron chi connectivity index (χ1n) is 6.33. The minimum Gasteiger partial charge on any atom is -0.299 e. The maximum absolute atomic E-state index is 11.0. The number of unbranched alkanes of at least 4 members (excludes halogenated alkanes) is 5. The van der Waals surface area contributed by atoms with Gasteiger partial charge >= 0.3 is 0 Å². The molecule has 0 heterocycles. The Morgan fingerprint density at radius 1 is 1.06 bits per heavy atom. The fourth-order valence-corrected chi connectivity index (χ4v) is 1.49. The van der Waals surface area contributed by atoms with Crippen molar-refractivity contribution >= 4 is 12.1 Å². The standard InChI is InChI=1S/C14H23O2/c1-2-3-4-5-6-7-8-9-10-11-14(16)12-13-15/h5-6H,2-4,7-12H2,1H3. The number of carbonyl (C=O) groups excluding carboxylic acids is 2. The van der Waals surface area contributed by atoms with Crippen LogP contribution in [0.1, 0.15) is 64.7 Å². The van der Waals surface area contributed by atoms with E-state index in [1.165, 1.54) is 19.3 Å². The lowest BCUT2D eigenvalue weighted by molar-refractivity contribution is -0.118. The highest BCUT2D eigenvalue weighted by Crippen LogP contribution is 2.06. The minimum absolute atomic E-state index is 0.0217. The van der Waals surface area contributed by atoms with E-state index >= 15 is 0 Å². The summed E-state index contributed by atoms with van der Waals surface area (Å²) < 4.78 is 0. The molecule has 0 aliphatic heterocycles. The Labute approximate surface area is 99.1 Å². The van der Waals surface area contributed by atoms with Gasteiger partial charge in [0.15, 0.2) is 0 Å². The third-order valence-corrected chi connectivity index (χ3v) is 2.49. The number of allylic oxidation sites excluding steroid dienone is 2. The molecule has 2 heteroatoms. The van der Waals surface area contributed by atoms with E-state index in [1.54, 1.807) is 6.29 Å². The molecule has 0 aliphatic rings. The molecular weight excluding hydrogens is 200 g/mol. The van der Waals surface area contributed by atoms with Gasteiger partial charge in [0.25, 0.3) is 0 Å². The molecule has 0 amide bonds. The van der Waals surface area contributed by atoms with Crippen LogP contribution in [0.15, 0.2) is 12.2 Å². The molecule has 1 radical (unpaired) electrons. The Balaban J connectivity index is 3.17. The van der Waals surface area contributed by atoms with E-state index in [4.69, 9.17) is 0 Å². The fraction of sp³-hybridized carbons (Fsp3) is 0.714. The lowest BCUT2D eigenvalue weighted by atomic mass is 10.1. The van der Waals surface area contributed by atoms with Crippen molar-refractivity contribution in [2.75, 3.05) is 0 Å². The van der Waals surface area contributed by atoms with E-state index in [0.29, 0.717) is 6.42 Å². The van der Waals surface area contributed by atoms with Crippen molar-refractivity contribution in [3.05, 3.63) is 12.2 Å². The first-order valence-corrected chi connectivity index (χ1v) is 6.33. The number of carbonyl (C=O) groups is 1. The van der Waals surface area contributed by atoms with Crippen molar-refractivity contribution in [3.8, 4) is 0 Å². The van der Waals surface area contributed by atoms with Gasteiger partial charge < -0.3 is 0 Å². The summed E-state index contributed by atoms with van der Waals surface area (Å²) in [4.78, 5) is 20.9. The van der Waals surface area contributed by atoms with Crippen LogP contribution in [0.3, 0.4) is 0 Å². The predicted octanol–water partition coefficient (Wildman–Crippen LogP) is 3.75. The molecule has 0 fully saturated rings. The van der Waals surface area contributed by atoms with Crippen LogP contribution in [0.5, 0.6) is 0 Å². The van der Waals surface area contributed by atoms with Crippen LogP contribution in [0.25, 0.3) is 0 Å². The topological polar surface area (TPSA) is 34.1 Å². The highest BCUT2D eigenvalue weighted by atomic mass is 16.1. The van der Waals surface area contributed by atoms with Gasteiger partial charge in [-0.3, -0.25) is 9.59 Å². The number of hydrogen-bond donors (Lipinski definition) is 0. The maximum atomic E-state index is 11.0. The second-order valence-corrected chi connectivity index (χ2v) is 4.07. The summed E-state index contributed by atoms with van der Waals surface area (Å²) in [5.74, 6) is 0.0217. The molecule has 0 atom stereocenters. The lowest BCUT2D eigenvalue weighted by Crippen LogP contribution is -1.97. The molecule has 91 valence electrons. The third kappa shape index (κ3) is 11.2. The number of ketones is 1. The Hall–Kier alpha value is -0.920. The smallest absolute Gasteiger partial charge is 0.206 e. The predicted molar refractivity (Wildman–Crippen MR) is 67.1 cm³/mol. The second-order valence-electron chi connectivity index (χ2n) is 4.07. The number of Topliss-reactive ketones (excluding diaryl/α,β-unsaturated/α-hetero) is 1. The normalized spacial score (nSPS) is 10.8. The number of rotatable bonds is 11. The van der Waals surface area contributed by atoms with Crippen molar-refractivity contribution in [1.82, 2.24) is 0 Å². The van der Waals surface area contributed by atoms with E-state index in [0.717, 1.165) is 25.7 Å². The van der Waals surface area contributed by atoms with Gasteiger partial charge in [-0.1, -0.05) is 38.3 Å². The molecule has 0 aromatic carbocycles. The maximum Gasteiger partial charge on any atom is 0.206 e. The highest BCUT2D eigenvalue weighted by Gasteiger charge is 1.99. The summed E-state index contributed by atoms with van der Waals surface area (Å²) in [7, 11) is 0.